The second-order valence-corrected chi connectivity index (χ2v) is 5.16. The van der Waals surface area contributed by atoms with Gasteiger partial charge >= 0.3 is 5.97 Å². The van der Waals surface area contributed by atoms with Crippen molar-refractivity contribution in [2.24, 2.45) is 0 Å². The maximum absolute atomic E-state index is 11.1. The fraction of sp³-hybridized carbons (Fsp3) is 0.167. The third-order valence-corrected chi connectivity index (χ3v) is 2.97. The summed E-state index contributed by atoms with van der Waals surface area (Å²) in [6, 6.07) is 0. The summed E-state index contributed by atoms with van der Waals surface area (Å²) in [5.41, 5.74) is 0.590. The highest BCUT2D eigenvalue weighted by Crippen LogP contribution is 2.15. The average molecular weight is 235 g/mol. The Morgan fingerprint density at radius 3 is 2.50 bits per heavy atom. The Kier molecular flexibility index (Phi) is 2.67. The van der Waals surface area contributed by atoms with E-state index in [1.54, 1.807) is 0 Å². The van der Waals surface area contributed by atoms with Crippen LogP contribution in [0.1, 0.15) is 20.2 Å². The van der Waals surface area contributed by atoms with E-state index in [1.165, 1.54) is 0 Å². The lowest BCUT2D eigenvalue weighted by Gasteiger charge is -1.94. The maximum atomic E-state index is 11.1. The first kappa shape index (κ1) is 10.8. The fourth-order valence-electron chi connectivity index (χ4n) is 0.719. The molecule has 0 bridgehead atoms. The second kappa shape index (κ2) is 3.46. The van der Waals surface area contributed by atoms with Crippen LogP contribution in [0.15, 0.2) is 5.51 Å². The summed E-state index contributed by atoms with van der Waals surface area (Å²) in [5, 5.41) is 7.33. The third kappa shape index (κ3) is 1.96. The molecule has 1 N–H and O–H groups in total. The number of aromatic nitrogens is 1. The highest BCUT2D eigenvalue weighted by molar-refractivity contribution is 8.06. The van der Waals surface area contributed by atoms with Gasteiger partial charge in [-0.3, -0.25) is 4.79 Å². The molecule has 0 spiro atoms. The van der Waals surface area contributed by atoms with Crippen LogP contribution in [0.5, 0.6) is 0 Å². The second-order valence-electron chi connectivity index (χ2n) is 2.39. The van der Waals surface area contributed by atoms with E-state index in [9.17, 15) is 18.0 Å². The Hall–Kier alpha value is -1.28. The molecule has 0 unspecified atom stereocenters. The first-order chi connectivity index (χ1) is 6.34. The van der Waals surface area contributed by atoms with Gasteiger partial charge in [-0.05, 0) is 0 Å². The maximum Gasteiger partial charge on any atom is 0.348 e. The van der Waals surface area contributed by atoms with Crippen LogP contribution in [0.25, 0.3) is 0 Å². The lowest BCUT2D eigenvalue weighted by molar-refractivity contribution is 0.0698. The summed E-state index contributed by atoms with van der Waals surface area (Å²) in [6.07, 6.45) is 0.709. The smallest absolute Gasteiger partial charge is 0.348 e. The monoisotopic (exact) mass is 235 g/mol. The van der Waals surface area contributed by atoms with E-state index in [-0.39, 0.29) is 4.88 Å². The standard InChI is InChI=1S/C6H5NO5S2/c1-14(11,12)6(10)3-4(5(8)9)13-2-7-3/h2H,1H3,(H,8,9). The van der Waals surface area contributed by atoms with Crippen molar-refractivity contribution in [1.29, 1.82) is 0 Å². The molecule has 76 valence electrons. The summed E-state index contributed by atoms with van der Waals surface area (Å²) in [4.78, 5) is 24.7. The van der Waals surface area contributed by atoms with Crippen molar-refractivity contribution in [2.45, 2.75) is 0 Å². The van der Waals surface area contributed by atoms with Crippen molar-refractivity contribution in [1.82, 2.24) is 4.98 Å². The largest absolute Gasteiger partial charge is 0.477 e. The molecule has 14 heavy (non-hydrogen) atoms. The highest BCUT2D eigenvalue weighted by Gasteiger charge is 2.26. The molecule has 1 rings (SSSR count). The predicted molar refractivity (Wildman–Crippen MR) is 48.2 cm³/mol. The number of sulfone groups is 1. The number of thiazole rings is 1. The van der Waals surface area contributed by atoms with Crippen molar-refractivity contribution in [2.75, 3.05) is 6.26 Å². The Labute approximate surface area is 83.1 Å². The van der Waals surface area contributed by atoms with Gasteiger partial charge in [-0.25, -0.2) is 18.2 Å². The van der Waals surface area contributed by atoms with E-state index in [0.29, 0.717) is 17.6 Å². The molecule has 1 aromatic rings. The van der Waals surface area contributed by atoms with Gasteiger partial charge in [0.2, 0.25) is 9.84 Å². The van der Waals surface area contributed by atoms with Crippen molar-refractivity contribution in [3.63, 3.8) is 0 Å². The fourth-order valence-corrected chi connectivity index (χ4v) is 1.91. The van der Waals surface area contributed by atoms with E-state index in [2.05, 4.69) is 4.98 Å². The molecule has 0 aliphatic heterocycles. The van der Waals surface area contributed by atoms with Gasteiger partial charge in [0.05, 0.1) is 5.51 Å². The van der Waals surface area contributed by atoms with Crippen LogP contribution in [0.3, 0.4) is 0 Å². The van der Waals surface area contributed by atoms with Gasteiger partial charge in [0.15, 0.2) is 0 Å². The van der Waals surface area contributed by atoms with Gasteiger partial charge in [0.1, 0.15) is 10.6 Å². The summed E-state index contributed by atoms with van der Waals surface area (Å²) >= 11 is 0.706. The molecular weight excluding hydrogens is 230 g/mol. The SMILES string of the molecule is CS(=O)(=O)C(=O)c1ncsc1C(=O)O. The molecule has 8 heteroatoms. The quantitative estimate of drug-likeness (QED) is 0.775. The van der Waals surface area contributed by atoms with Gasteiger partial charge in [0.25, 0.3) is 5.12 Å². The van der Waals surface area contributed by atoms with Crippen molar-refractivity contribution >= 4 is 32.3 Å². The van der Waals surface area contributed by atoms with Crippen LogP contribution >= 0.6 is 11.3 Å². The predicted octanol–water partition coefficient (Wildman–Crippen LogP) is 0.0261. The number of hydrogen-bond acceptors (Lipinski definition) is 6. The minimum Gasteiger partial charge on any atom is -0.477 e. The van der Waals surface area contributed by atoms with E-state index in [1.807, 2.05) is 0 Å². The van der Waals surface area contributed by atoms with Crippen molar-refractivity contribution < 1.29 is 23.1 Å². The van der Waals surface area contributed by atoms with E-state index in [4.69, 9.17) is 5.11 Å². The zero-order chi connectivity index (χ0) is 10.9. The molecule has 0 saturated heterocycles. The Balaban J connectivity index is 3.28. The Bertz CT molecular complexity index is 486. The number of nitrogens with zero attached hydrogens (tertiary/aromatic N) is 1. The number of carbonyl (C=O) groups is 2. The molecule has 0 aromatic carbocycles. The van der Waals surface area contributed by atoms with Gasteiger partial charge < -0.3 is 5.11 Å². The molecule has 1 heterocycles. The molecule has 0 aliphatic carbocycles. The zero-order valence-corrected chi connectivity index (χ0v) is 8.55. The number of hydrogen-bond donors (Lipinski definition) is 1. The topological polar surface area (TPSA) is 101 Å². The van der Waals surface area contributed by atoms with Crippen molar-refractivity contribution in [3.05, 3.63) is 16.1 Å². The molecule has 0 amide bonds. The number of carboxylic acids is 1. The number of rotatable bonds is 2. The van der Waals surface area contributed by atoms with Crippen LogP contribution in [0.4, 0.5) is 0 Å². The van der Waals surface area contributed by atoms with Crippen LogP contribution in [0.2, 0.25) is 0 Å². The lowest BCUT2D eigenvalue weighted by atomic mass is 10.4. The number of aromatic carboxylic acids is 1. The molecular formula is C6H5NO5S2. The van der Waals surface area contributed by atoms with Gasteiger partial charge in [-0.2, -0.15) is 0 Å². The van der Waals surface area contributed by atoms with Crippen LogP contribution < -0.4 is 0 Å². The summed E-state index contributed by atoms with van der Waals surface area (Å²) in [5.74, 6) is -1.36. The number of carbonyl (C=O) groups excluding carboxylic acids is 1. The Morgan fingerprint density at radius 1 is 1.50 bits per heavy atom. The minimum atomic E-state index is -3.94. The van der Waals surface area contributed by atoms with E-state index >= 15 is 0 Å². The first-order valence-electron chi connectivity index (χ1n) is 3.25. The summed E-state index contributed by atoms with van der Waals surface area (Å²) < 4.78 is 21.7. The van der Waals surface area contributed by atoms with Gasteiger partial charge in [-0.1, -0.05) is 0 Å². The average Bonchev–Trinajstić information content (AvgIpc) is 2.48. The third-order valence-electron chi connectivity index (χ3n) is 1.29. The van der Waals surface area contributed by atoms with Crippen LogP contribution in [-0.4, -0.2) is 35.8 Å². The van der Waals surface area contributed by atoms with Crippen molar-refractivity contribution in [3.8, 4) is 0 Å². The van der Waals surface area contributed by atoms with E-state index in [0.717, 1.165) is 5.51 Å². The van der Waals surface area contributed by atoms with Gasteiger partial charge in [0, 0.05) is 6.26 Å². The highest BCUT2D eigenvalue weighted by atomic mass is 32.2. The van der Waals surface area contributed by atoms with Crippen LogP contribution in [0, 0.1) is 0 Å². The number of carboxylic acid groups (broad SMARTS) is 1. The molecule has 6 nitrogen and oxygen atoms in total. The molecule has 0 radical (unpaired) electrons. The van der Waals surface area contributed by atoms with Crippen LogP contribution in [-0.2, 0) is 9.84 Å². The summed E-state index contributed by atoms with van der Waals surface area (Å²) in [6.45, 7) is 0. The molecule has 0 aliphatic rings. The molecule has 0 atom stereocenters. The van der Waals surface area contributed by atoms with Gasteiger partial charge in [-0.15, -0.1) is 11.3 Å². The first-order valence-corrected chi connectivity index (χ1v) is 6.02. The Morgan fingerprint density at radius 2 is 2.07 bits per heavy atom. The normalized spacial score (nSPS) is 11.2. The van der Waals surface area contributed by atoms with E-state index < -0.39 is 26.6 Å². The summed E-state index contributed by atoms with van der Waals surface area (Å²) in [7, 11) is -3.94. The molecule has 1 aromatic heterocycles. The minimum absolute atomic E-state index is 0.361. The molecule has 0 fully saturated rings. The zero-order valence-electron chi connectivity index (χ0n) is 6.92. The lowest BCUT2D eigenvalue weighted by Crippen LogP contribution is -2.16. The molecule has 0 saturated carbocycles.